The second kappa shape index (κ2) is 6.39. The molecule has 0 aliphatic carbocycles. The highest BCUT2D eigenvalue weighted by Gasteiger charge is 2.20. The first-order valence-electron chi connectivity index (χ1n) is 6.68. The zero-order chi connectivity index (χ0) is 15.3. The van der Waals surface area contributed by atoms with Gasteiger partial charge in [0.1, 0.15) is 0 Å². The maximum Gasteiger partial charge on any atom is 0.324 e. The molecular weight excluding hydrogens is 268 g/mol. The van der Waals surface area contributed by atoms with Crippen molar-refractivity contribution in [1.29, 1.82) is 0 Å². The van der Waals surface area contributed by atoms with E-state index in [2.05, 4.69) is 46.2 Å². The summed E-state index contributed by atoms with van der Waals surface area (Å²) < 4.78 is 10.1. The number of methoxy groups -OCH3 is 2. The van der Waals surface area contributed by atoms with E-state index in [-0.39, 0.29) is 17.4 Å². The molecule has 0 aliphatic heterocycles. The zero-order valence-electron chi connectivity index (χ0n) is 12.8. The van der Waals surface area contributed by atoms with E-state index in [9.17, 15) is 0 Å². The molecule has 0 atom stereocenters. The molecule has 0 saturated carbocycles. The largest absolute Gasteiger partial charge is 0.467 e. The van der Waals surface area contributed by atoms with Crippen molar-refractivity contribution in [1.82, 2.24) is 15.0 Å². The minimum absolute atomic E-state index is 0.0612. The highest BCUT2D eigenvalue weighted by atomic mass is 16.5. The number of anilines is 1. The Hall–Kier alpha value is -2.37. The number of hydrogen-bond donors (Lipinski definition) is 1. The second-order valence-corrected chi connectivity index (χ2v) is 5.24. The lowest BCUT2D eigenvalue weighted by Gasteiger charge is -2.25. The molecule has 1 heterocycles. The molecule has 0 amide bonds. The lowest BCUT2D eigenvalue weighted by atomic mass is 9.85. The van der Waals surface area contributed by atoms with Crippen molar-refractivity contribution >= 4 is 5.95 Å². The molecule has 0 spiro atoms. The van der Waals surface area contributed by atoms with Crippen LogP contribution in [0.4, 0.5) is 5.95 Å². The predicted molar refractivity (Wildman–Crippen MR) is 80.9 cm³/mol. The summed E-state index contributed by atoms with van der Waals surface area (Å²) in [5, 5.41) is 3.21. The summed E-state index contributed by atoms with van der Waals surface area (Å²) in [6, 6.07) is 10.7. The fourth-order valence-electron chi connectivity index (χ4n) is 1.89. The Balaban J connectivity index is 2.12. The van der Waals surface area contributed by atoms with Gasteiger partial charge in [0.25, 0.3) is 0 Å². The summed E-state index contributed by atoms with van der Waals surface area (Å²) in [5.74, 6) is 0.433. The van der Waals surface area contributed by atoms with E-state index >= 15 is 0 Å². The van der Waals surface area contributed by atoms with Crippen molar-refractivity contribution in [2.75, 3.05) is 26.1 Å². The lowest BCUT2D eigenvalue weighted by Crippen LogP contribution is -2.28. The summed E-state index contributed by atoms with van der Waals surface area (Å²) >= 11 is 0. The summed E-state index contributed by atoms with van der Waals surface area (Å²) in [5.41, 5.74) is 1.18. The van der Waals surface area contributed by atoms with Crippen molar-refractivity contribution in [3.63, 3.8) is 0 Å². The normalized spacial score (nSPS) is 11.0. The molecule has 0 fully saturated rings. The third-order valence-corrected chi connectivity index (χ3v) is 3.20. The minimum atomic E-state index is -0.0612. The molecule has 0 bridgehead atoms. The Morgan fingerprint density at radius 1 is 0.952 bits per heavy atom. The first kappa shape index (κ1) is 15.0. The van der Waals surface area contributed by atoms with E-state index in [4.69, 9.17) is 9.47 Å². The van der Waals surface area contributed by atoms with E-state index in [1.54, 1.807) is 0 Å². The average molecular weight is 288 g/mol. The van der Waals surface area contributed by atoms with E-state index in [1.165, 1.54) is 19.8 Å². The third-order valence-electron chi connectivity index (χ3n) is 3.20. The number of nitrogens with zero attached hydrogens (tertiary/aromatic N) is 3. The Kier molecular flexibility index (Phi) is 4.57. The van der Waals surface area contributed by atoms with Gasteiger partial charge in [0.05, 0.1) is 14.2 Å². The predicted octanol–water partition coefficient (Wildman–Crippen LogP) is 2.28. The van der Waals surface area contributed by atoms with Crippen molar-refractivity contribution in [3.8, 4) is 12.0 Å². The Morgan fingerprint density at radius 2 is 1.52 bits per heavy atom. The SMILES string of the molecule is COc1nc(NCC(C)(C)c2ccccc2)nc(OC)n1. The molecular formula is C15H20N4O2. The molecule has 1 N–H and O–H groups in total. The van der Waals surface area contributed by atoms with E-state index in [0.29, 0.717) is 12.5 Å². The number of benzene rings is 1. The molecule has 112 valence electrons. The number of hydrogen-bond acceptors (Lipinski definition) is 6. The van der Waals surface area contributed by atoms with Crippen molar-refractivity contribution in [2.24, 2.45) is 0 Å². The van der Waals surface area contributed by atoms with Crippen LogP contribution in [0.25, 0.3) is 0 Å². The molecule has 2 aromatic rings. The van der Waals surface area contributed by atoms with Gasteiger partial charge in [0.15, 0.2) is 0 Å². The molecule has 1 aromatic carbocycles. The molecule has 1 aromatic heterocycles. The summed E-state index contributed by atoms with van der Waals surface area (Å²) in [6.07, 6.45) is 0. The van der Waals surface area contributed by atoms with Crippen LogP contribution in [0.2, 0.25) is 0 Å². The van der Waals surface area contributed by atoms with Crippen LogP contribution in [0.3, 0.4) is 0 Å². The maximum atomic E-state index is 5.03. The van der Waals surface area contributed by atoms with Crippen LogP contribution >= 0.6 is 0 Å². The van der Waals surface area contributed by atoms with Gasteiger partial charge in [-0.2, -0.15) is 9.97 Å². The van der Waals surface area contributed by atoms with Crippen molar-refractivity contribution < 1.29 is 9.47 Å². The number of aromatic nitrogens is 3. The number of nitrogens with one attached hydrogen (secondary N) is 1. The van der Waals surface area contributed by atoms with Crippen LogP contribution in [-0.2, 0) is 5.41 Å². The first-order valence-corrected chi connectivity index (χ1v) is 6.68. The molecule has 21 heavy (non-hydrogen) atoms. The Labute approximate surface area is 124 Å². The Morgan fingerprint density at radius 3 is 2.05 bits per heavy atom. The van der Waals surface area contributed by atoms with Gasteiger partial charge in [-0.05, 0) is 5.56 Å². The van der Waals surface area contributed by atoms with E-state index in [1.807, 2.05) is 18.2 Å². The van der Waals surface area contributed by atoms with Crippen LogP contribution in [0, 0.1) is 0 Å². The lowest BCUT2D eigenvalue weighted by molar-refractivity contribution is 0.341. The average Bonchev–Trinajstić information content (AvgIpc) is 2.53. The zero-order valence-corrected chi connectivity index (χ0v) is 12.8. The van der Waals surface area contributed by atoms with Crippen LogP contribution in [0.15, 0.2) is 30.3 Å². The maximum absolute atomic E-state index is 5.03. The highest BCUT2D eigenvalue weighted by Crippen LogP contribution is 2.23. The van der Waals surface area contributed by atoms with Gasteiger partial charge < -0.3 is 14.8 Å². The summed E-state index contributed by atoms with van der Waals surface area (Å²) in [7, 11) is 3.01. The first-order chi connectivity index (χ1) is 10.0. The summed E-state index contributed by atoms with van der Waals surface area (Å²) in [6.45, 7) is 4.99. The van der Waals surface area contributed by atoms with Crippen LogP contribution in [-0.4, -0.2) is 35.7 Å². The van der Waals surface area contributed by atoms with Gasteiger partial charge in [-0.1, -0.05) is 44.2 Å². The topological polar surface area (TPSA) is 69.2 Å². The van der Waals surface area contributed by atoms with E-state index < -0.39 is 0 Å². The van der Waals surface area contributed by atoms with E-state index in [0.717, 1.165) is 0 Å². The standard InChI is InChI=1S/C15H20N4O2/c1-15(2,11-8-6-5-7-9-11)10-16-12-17-13(20-3)19-14(18-12)21-4/h5-9H,10H2,1-4H3,(H,16,17,18,19). The van der Waals surface area contributed by atoms with Gasteiger partial charge in [0.2, 0.25) is 5.95 Å². The Bertz CT molecular complexity index is 565. The highest BCUT2D eigenvalue weighted by molar-refractivity contribution is 5.31. The van der Waals surface area contributed by atoms with Gasteiger partial charge in [-0.3, -0.25) is 0 Å². The molecule has 0 radical (unpaired) electrons. The minimum Gasteiger partial charge on any atom is -0.467 e. The number of ether oxygens (including phenoxy) is 2. The van der Waals surface area contributed by atoms with Crippen molar-refractivity contribution in [3.05, 3.63) is 35.9 Å². The molecule has 6 heteroatoms. The van der Waals surface area contributed by atoms with Crippen LogP contribution in [0.1, 0.15) is 19.4 Å². The van der Waals surface area contributed by atoms with Gasteiger partial charge in [-0.25, -0.2) is 0 Å². The quantitative estimate of drug-likeness (QED) is 0.879. The number of rotatable bonds is 6. The molecule has 0 aliphatic rings. The second-order valence-electron chi connectivity index (χ2n) is 5.24. The fraction of sp³-hybridized carbons (Fsp3) is 0.400. The van der Waals surface area contributed by atoms with Gasteiger partial charge in [-0.15, -0.1) is 4.98 Å². The van der Waals surface area contributed by atoms with Gasteiger partial charge >= 0.3 is 12.0 Å². The van der Waals surface area contributed by atoms with Gasteiger partial charge in [0, 0.05) is 12.0 Å². The van der Waals surface area contributed by atoms with Crippen LogP contribution in [0.5, 0.6) is 12.0 Å². The molecule has 0 unspecified atom stereocenters. The monoisotopic (exact) mass is 288 g/mol. The molecule has 2 rings (SSSR count). The smallest absolute Gasteiger partial charge is 0.324 e. The molecule has 6 nitrogen and oxygen atoms in total. The summed E-state index contributed by atoms with van der Waals surface area (Å²) in [4.78, 5) is 12.3. The fourth-order valence-corrected chi connectivity index (χ4v) is 1.89. The third kappa shape index (κ3) is 3.81. The molecule has 0 saturated heterocycles. The van der Waals surface area contributed by atoms with Crippen LogP contribution < -0.4 is 14.8 Å². The van der Waals surface area contributed by atoms with Crippen molar-refractivity contribution in [2.45, 2.75) is 19.3 Å².